The molecule has 1 aromatic heterocycles. The van der Waals surface area contributed by atoms with Gasteiger partial charge in [-0.05, 0) is 55.0 Å². The zero-order valence-electron chi connectivity index (χ0n) is 16.7. The van der Waals surface area contributed by atoms with Crippen molar-refractivity contribution in [3.8, 4) is 22.8 Å². The van der Waals surface area contributed by atoms with Gasteiger partial charge in [0.15, 0.2) is 6.61 Å². The van der Waals surface area contributed by atoms with E-state index in [2.05, 4.69) is 10.3 Å². The van der Waals surface area contributed by atoms with Gasteiger partial charge >= 0.3 is 0 Å². The van der Waals surface area contributed by atoms with Crippen LogP contribution in [0.5, 0.6) is 11.5 Å². The van der Waals surface area contributed by atoms with Crippen molar-refractivity contribution < 1.29 is 14.3 Å². The SMILES string of the molecule is COc1ccc(-c2cc(=O)n(CCNC(=O)COc3ccc(Cl)c(C)c3)cn2)cc1. The van der Waals surface area contributed by atoms with Gasteiger partial charge in [-0.25, -0.2) is 4.98 Å². The van der Waals surface area contributed by atoms with E-state index in [1.165, 1.54) is 17.0 Å². The first-order valence-electron chi connectivity index (χ1n) is 9.33. The van der Waals surface area contributed by atoms with Gasteiger partial charge in [-0.3, -0.25) is 14.2 Å². The fraction of sp³-hybridized carbons (Fsp3) is 0.227. The third kappa shape index (κ3) is 5.61. The predicted octanol–water partition coefficient (Wildman–Crippen LogP) is 3.08. The molecule has 8 heteroatoms. The molecule has 7 nitrogen and oxygen atoms in total. The smallest absolute Gasteiger partial charge is 0.258 e. The lowest BCUT2D eigenvalue weighted by Gasteiger charge is -2.10. The van der Waals surface area contributed by atoms with Gasteiger partial charge in [0.1, 0.15) is 11.5 Å². The Balaban J connectivity index is 1.49. The Bertz CT molecular complexity index is 1080. The third-order valence-corrected chi connectivity index (χ3v) is 4.86. The number of nitrogens with zero attached hydrogens (tertiary/aromatic N) is 2. The van der Waals surface area contributed by atoms with Gasteiger partial charge in [-0.1, -0.05) is 11.6 Å². The Morgan fingerprint density at radius 1 is 1.13 bits per heavy atom. The molecule has 0 saturated carbocycles. The van der Waals surface area contributed by atoms with Crippen LogP contribution in [0.25, 0.3) is 11.3 Å². The van der Waals surface area contributed by atoms with Crippen LogP contribution in [-0.4, -0.2) is 35.7 Å². The fourth-order valence-electron chi connectivity index (χ4n) is 2.74. The maximum Gasteiger partial charge on any atom is 0.258 e. The van der Waals surface area contributed by atoms with Crippen molar-refractivity contribution in [2.45, 2.75) is 13.5 Å². The van der Waals surface area contributed by atoms with Crippen LogP contribution >= 0.6 is 11.6 Å². The molecule has 0 saturated heterocycles. The van der Waals surface area contributed by atoms with Crippen molar-refractivity contribution in [1.82, 2.24) is 14.9 Å². The third-order valence-electron chi connectivity index (χ3n) is 4.44. The van der Waals surface area contributed by atoms with Crippen molar-refractivity contribution in [2.24, 2.45) is 0 Å². The second-order valence-electron chi connectivity index (χ2n) is 6.58. The van der Waals surface area contributed by atoms with E-state index < -0.39 is 0 Å². The monoisotopic (exact) mass is 427 g/mol. The summed E-state index contributed by atoms with van der Waals surface area (Å²) in [5.41, 5.74) is 2.08. The minimum Gasteiger partial charge on any atom is -0.497 e. The largest absolute Gasteiger partial charge is 0.497 e. The van der Waals surface area contributed by atoms with Crippen LogP contribution in [-0.2, 0) is 11.3 Å². The Kier molecular flexibility index (Phi) is 7.08. The summed E-state index contributed by atoms with van der Waals surface area (Å²) < 4.78 is 12.0. The normalized spacial score (nSPS) is 10.5. The summed E-state index contributed by atoms with van der Waals surface area (Å²) in [5, 5.41) is 3.36. The quantitative estimate of drug-likeness (QED) is 0.597. The van der Waals surface area contributed by atoms with E-state index in [1.807, 2.05) is 31.2 Å². The maximum atomic E-state index is 12.3. The molecule has 0 aliphatic carbocycles. The number of halogens is 1. The lowest BCUT2D eigenvalue weighted by atomic mass is 10.1. The van der Waals surface area contributed by atoms with Crippen molar-refractivity contribution in [2.75, 3.05) is 20.3 Å². The zero-order valence-corrected chi connectivity index (χ0v) is 17.5. The van der Waals surface area contributed by atoms with E-state index in [0.717, 1.165) is 16.9 Å². The molecule has 0 unspecified atom stereocenters. The van der Waals surface area contributed by atoms with Crippen LogP contribution in [0.3, 0.4) is 0 Å². The maximum absolute atomic E-state index is 12.3. The molecule has 0 bridgehead atoms. The van der Waals surface area contributed by atoms with Crippen LogP contribution < -0.4 is 20.3 Å². The number of hydrogen-bond donors (Lipinski definition) is 1. The van der Waals surface area contributed by atoms with E-state index in [4.69, 9.17) is 21.1 Å². The molecular weight excluding hydrogens is 406 g/mol. The molecule has 0 atom stereocenters. The zero-order chi connectivity index (χ0) is 21.5. The fourth-order valence-corrected chi connectivity index (χ4v) is 2.85. The number of carbonyl (C=O) groups is 1. The number of amides is 1. The Morgan fingerprint density at radius 3 is 2.53 bits per heavy atom. The Morgan fingerprint density at radius 2 is 1.87 bits per heavy atom. The van der Waals surface area contributed by atoms with Crippen LogP contribution in [0.4, 0.5) is 0 Å². The summed E-state index contributed by atoms with van der Waals surface area (Å²) in [7, 11) is 1.60. The average Bonchev–Trinajstić information content (AvgIpc) is 2.75. The standard InChI is InChI=1S/C22H22ClN3O4/c1-15-11-18(7-8-19(15)23)30-13-21(27)24-9-10-26-14-25-20(12-22(26)28)16-3-5-17(29-2)6-4-16/h3-8,11-12,14H,9-10,13H2,1-2H3,(H,24,27). The van der Waals surface area contributed by atoms with Gasteiger partial charge in [-0.15, -0.1) is 0 Å². The number of aryl methyl sites for hydroxylation is 1. The number of methoxy groups -OCH3 is 1. The van der Waals surface area contributed by atoms with E-state index in [0.29, 0.717) is 23.0 Å². The summed E-state index contributed by atoms with van der Waals surface area (Å²) in [6, 6.07) is 14.0. The molecule has 0 fully saturated rings. The molecule has 30 heavy (non-hydrogen) atoms. The van der Waals surface area contributed by atoms with Gasteiger partial charge in [0, 0.05) is 29.7 Å². The van der Waals surface area contributed by atoms with Gasteiger partial charge in [0.05, 0.1) is 19.1 Å². The molecular formula is C22H22ClN3O4. The Labute approximate surface area is 179 Å². The molecule has 0 radical (unpaired) electrons. The van der Waals surface area contributed by atoms with E-state index >= 15 is 0 Å². The molecule has 0 aliphatic rings. The first-order valence-corrected chi connectivity index (χ1v) is 9.70. The molecule has 1 heterocycles. The van der Waals surface area contributed by atoms with Crippen LogP contribution in [0.2, 0.25) is 5.02 Å². The second kappa shape index (κ2) is 9.93. The average molecular weight is 428 g/mol. The van der Waals surface area contributed by atoms with E-state index in [-0.39, 0.29) is 24.6 Å². The highest BCUT2D eigenvalue weighted by Gasteiger charge is 2.06. The van der Waals surface area contributed by atoms with Crippen LogP contribution in [0.15, 0.2) is 59.7 Å². The van der Waals surface area contributed by atoms with Crippen molar-refractivity contribution >= 4 is 17.5 Å². The van der Waals surface area contributed by atoms with Gasteiger partial charge in [0.2, 0.25) is 0 Å². The van der Waals surface area contributed by atoms with E-state index in [1.54, 1.807) is 25.3 Å². The molecule has 156 valence electrons. The van der Waals surface area contributed by atoms with E-state index in [9.17, 15) is 9.59 Å². The summed E-state index contributed by atoms with van der Waals surface area (Å²) in [6.45, 7) is 2.33. The lowest BCUT2D eigenvalue weighted by Crippen LogP contribution is -2.33. The topological polar surface area (TPSA) is 82.5 Å². The molecule has 3 aromatic rings. The van der Waals surface area contributed by atoms with Gasteiger partial charge in [0.25, 0.3) is 11.5 Å². The number of nitrogens with one attached hydrogen (secondary N) is 1. The predicted molar refractivity (Wildman–Crippen MR) is 115 cm³/mol. The first-order chi connectivity index (χ1) is 14.5. The first kappa shape index (κ1) is 21.4. The minimum absolute atomic E-state index is 0.120. The highest BCUT2D eigenvalue weighted by Crippen LogP contribution is 2.21. The number of ether oxygens (including phenoxy) is 2. The Hall–Kier alpha value is -3.32. The molecule has 1 N–H and O–H groups in total. The van der Waals surface area contributed by atoms with Gasteiger partial charge < -0.3 is 14.8 Å². The van der Waals surface area contributed by atoms with Crippen molar-refractivity contribution in [1.29, 1.82) is 0 Å². The minimum atomic E-state index is -0.279. The number of aromatic nitrogens is 2. The molecule has 0 spiro atoms. The summed E-state index contributed by atoms with van der Waals surface area (Å²) in [5.74, 6) is 1.03. The van der Waals surface area contributed by atoms with Crippen molar-refractivity contribution in [3.05, 3.63) is 75.8 Å². The summed E-state index contributed by atoms with van der Waals surface area (Å²) in [4.78, 5) is 28.6. The highest BCUT2D eigenvalue weighted by molar-refractivity contribution is 6.31. The molecule has 2 aromatic carbocycles. The van der Waals surface area contributed by atoms with Crippen molar-refractivity contribution in [3.63, 3.8) is 0 Å². The summed E-state index contributed by atoms with van der Waals surface area (Å²) >= 11 is 5.97. The molecule has 1 amide bonds. The number of carbonyl (C=O) groups excluding carboxylic acids is 1. The summed E-state index contributed by atoms with van der Waals surface area (Å²) in [6.07, 6.45) is 1.47. The van der Waals surface area contributed by atoms with Crippen LogP contribution in [0.1, 0.15) is 5.56 Å². The molecule has 0 aliphatic heterocycles. The van der Waals surface area contributed by atoms with Gasteiger partial charge in [-0.2, -0.15) is 0 Å². The second-order valence-corrected chi connectivity index (χ2v) is 6.99. The molecule has 3 rings (SSSR count). The number of hydrogen-bond acceptors (Lipinski definition) is 5. The lowest BCUT2D eigenvalue weighted by molar-refractivity contribution is -0.123. The highest BCUT2D eigenvalue weighted by atomic mass is 35.5. The number of benzene rings is 2. The number of rotatable bonds is 8. The van der Waals surface area contributed by atoms with Crippen LogP contribution in [0, 0.1) is 6.92 Å².